The second-order valence-corrected chi connectivity index (χ2v) is 29.7. The molecule has 594 valence electrons. The third kappa shape index (κ3) is 12.1. The van der Waals surface area contributed by atoms with Crippen LogP contribution in [0, 0.1) is 11.3 Å². The Balaban J connectivity index is 1.14. The molecule has 0 amide bonds. The maximum absolute atomic E-state index is 15.9. The summed E-state index contributed by atoms with van der Waals surface area (Å²) in [6, 6.07) is 73.2. The molecule has 5 heterocycles. The predicted molar refractivity (Wildman–Crippen MR) is 435 cm³/mol. The van der Waals surface area contributed by atoms with Crippen molar-refractivity contribution in [3.63, 3.8) is 0 Å². The number of nitriles is 1. The molecule has 20 rings (SSSR count). The summed E-state index contributed by atoms with van der Waals surface area (Å²) in [5, 5.41) is 12.0. The summed E-state index contributed by atoms with van der Waals surface area (Å²) in [6.07, 6.45) is -31.3. The van der Waals surface area contributed by atoms with Crippen LogP contribution in [0.1, 0.15) is 38.9 Å². The van der Waals surface area contributed by atoms with Crippen LogP contribution in [-0.2, 0) is 37.1 Å². The molecule has 0 N–H and O–H groups in total. The summed E-state index contributed by atoms with van der Waals surface area (Å²) in [6.45, 7) is 0. The first kappa shape index (κ1) is 75.3. The van der Waals surface area contributed by atoms with Gasteiger partial charge in [-0.3, -0.25) is 0 Å². The van der Waals surface area contributed by atoms with E-state index in [1.165, 1.54) is 13.7 Å². The highest BCUT2D eigenvalue weighted by Gasteiger charge is 2.42. The normalized spacial score (nSPS) is 12.9. The van der Waals surface area contributed by atoms with Gasteiger partial charge in [-0.2, -0.15) is 84.3 Å². The number of hydrogen-bond acceptors (Lipinski definition) is 1. The highest BCUT2D eigenvalue weighted by Crippen LogP contribution is 2.55. The number of aromatic nitrogens is 5. The zero-order chi connectivity index (χ0) is 84.0. The fourth-order valence-corrected chi connectivity index (χ4v) is 17.5. The Morgan fingerprint density at radius 2 is 0.331 bits per heavy atom. The molecule has 0 saturated heterocycles. The lowest BCUT2D eigenvalue weighted by atomic mass is 10.0. The van der Waals surface area contributed by atoms with Crippen LogP contribution in [0.2, 0.25) is 0 Å². The summed E-state index contributed by atoms with van der Waals surface area (Å²) in [4.78, 5) is 0. The number of alkyl halides is 18. The van der Waals surface area contributed by atoms with Gasteiger partial charge in [0.2, 0.25) is 0 Å². The third-order valence-corrected chi connectivity index (χ3v) is 22.8. The Labute approximate surface area is 671 Å². The van der Waals surface area contributed by atoms with Crippen LogP contribution in [0.4, 0.5) is 79.0 Å². The highest BCUT2D eigenvalue weighted by molar-refractivity contribution is 6.20. The van der Waals surface area contributed by atoms with E-state index < -0.39 is 120 Å². The lowest BCUT2D eigenvalue weighted by Gasteiger charge is -2.30. The maximum atomic E-state index is 15.9. The van der Waals surface area contributed by atoms with Gasteiger partial charge in [0.05, 0.1) is 117 Å². The van der Waals surface area contributed by atoms with Crippen LogP contribution >= 0.6 is 0 Å². The average Bonchev–Trinajstić information content (AvgIpc) is 1.55. The van der Waals surface area contributed by atoms with Crippen molar-refractivity contribution < 1.29 is 79.0 Å². The zero-order valence-electron chi connectivity index (χ0n) is 61.9. The molecule has 5 aromatic heterocycles. The maximum Gasteiger partial charge on any atom is 0.416 e. The number of nitrogens with zero attached hydrogens (tertiary/aromatic N) is 6. The smallest absolute Gasteiger partial charge is 0.306 e. The molecule has 0 radical (unpaired) electrons. The molecule has 0 aliphatic carbocycles. The molecule has 121 heavy (non-hydrogen) atoms. The van der Waals surface area contributed by atoms with E-state index in [9.17, 15) is 5.26 Å². The van der Waals surface area contributed by atoms with Crippen molar-refractivity contribution in [3.05, 3.63) is 342 Å². The van der Waals surface area contributed by atoms with Gasteiger partial charge in [0.15, 0.2) is 0 Å². The summed E-state index contributed by atoms with van der Waals surface area (Å²) >= 11 is 0. The molecule has 0 bridgehead atoms. The topological polar surface area (TPSA) is 48.4 Å². The van der Waals surface area contributed by atoms with E-state index in [0.717, 1.165) is 36.4 Å². The van der Waals surface area contributed by atoms with Gasteiger partial charge in [-0.25, -0.2) is 0 Å². The Hall–Kier alpha value is -14.5. The van der Waals surface area contributed by atoms with E-state index in [2.05, 4.69) is 6.07 Å². The molecule has 0 spiro atoms. The van der Waals surface area contributed by atoms with E-state index in [1.807, 2.05) is 72.8 Å². The highest BCUT2D eigenvalue weighted by atomic mass is 19.4. The number of hydrogen-bond donors (Lipinski definition) is 0. The lowest BCUT2D eigenvalue weighted by molar-refractivity contribution is -0.138. The van der Waals surface area contributed by atoms with Gasteiger partial charge in [0.1, 0.15) is 11.6 Å². The SMILES string of the molecule is N#Cc1c(-n2c3ccc(C(F)(F)F)cc3c3cc(C(F)(F)F)ccc32)c(-n2c3ccc(-c4ccccc4)cc3c3cc(-c4ccccc4)ccc32)c(-n2c3ccc(C(F)(F)F)cc3c3cc(C(F)(F)F)ccc32)c(-n2c3ccc(-c4ccccc4)cc3c3cc(-c4ccccc4)ccc32)c1-n1c2ccc(C(F)(F)F)cc2c2cc(C(F)(F)F)ccc21. The average molecular weight is 1640 g/mol. The van der Waals surface area contributed by atoms with Crippen molar-refractivity contribution in [3.8, 4) is 79.0 Å². The lowest BCUT2D eigenvalue weighted by Crippen LogP contribution is -2.19. The summed E-state index contributed by atoms with van der Waals surface area (Å²) in [7, 11) is 0. The van der Waals surface area contributed by atoms with Crippen LogP contribution in [0.15, 0.2) is 303 Å². The van der Waals surface area contributed by atoms with Gasteiger partial charge in [0, 0.05) is 53.9 Å². The Morgan fingerprint density at radius 1 is 0.174 bits per heavy atom. The van der Waals surface area contributed by atoms with Crippen molar-refractivity contribution >= 4 is 109 Å². The molecular formula is C97H50F18N6. The first-order valence-electron chi connectivity index (χ1n) is 37.5. The summed E-state index contributed by atoms with van der Waals surface area (Å²) < 4.78 is 290. The predicted octanol–water partition coefficient (Wildman–Crippen LogP) is 29.8. The fourth-order valence-electron chi connectivity index (χ4n) is 17.5. The monoisotopic (exact) mass is 1640 g/mol. The molecule has 0 aliphatic heterocycles. The minimum atomic E-state index is -5.22. The van der Waals surface area contributed by atoms with Crippen molar-refractivity contribution in [2.24, 2.45) is 0 Å². The van der Waals surface area contributed by atoms with E-state index in [1.54, 1.807) is 130 Å². The summed E-state index contributed by atoms with van der Waals surface area (Å²) in [5.74, 6) is 0. The van der Waals surface area contributed by atoms with E-state index in [0.29, 0.717) is 139 Å². The Morgan fingerprint density at radius 3 is 0.504 bits per heavy atom. The van der Waals surface area contributed by atoms with E-state index in [-0.39, 0.29) is 72.2 Å². The van der Waals surface area contributed by atoms with Gasteiger partial charge >= 0.3 is 37.1 Å². The number of benzene rings is 15. The van der Waals surface area contributed by atoms with Crippen LogP contribution < -0.4 is 0 Å². The molecule has 0 fully saturated rings. The molecule has 24 heteroatoms. The first-order valence-corrected chi connectivity index (χ1v) is 37.5. The standard InChI is InChI=1S/C97H50F18N6/c98-92(99,100)60-25-35-81-70(45-60)71-46-61(93(101,102)103)26-36-82(71)117(81)87-76(51-116)88(118-83-37-27-62(94(104,105)106)47-72(83)73-48-63(95(107,108)109)28-38-84(73)118)90(120-79-33-23-58(54-17-9-3-10-18-54)43-68(79)69-44-59(24-34-80(69)120)55-19-11-4-12-20-55)91(121-85-39-29-64(96(110,111)112)49-74(85)75-50-65(97(113,114)115)30-40-86(75)121)89(87)119-77-31-21-56(52-13-5-1-6-14-52)41-66(77)67-42-57(22-32-78(67)119)53-15-7-2-8-16-53/h1-50H. The van der Waals surface area contributed by atoms with Crippen molar-refractivity contribution in [1.82, 2.24) is 22.8 Å². The van der Waals surface area contributed by atoms with E-state index in [4.69, 9.17) is 0 Å². The molecule has 0 saturated carbocycles. The second kappa shape index (κ2) is 26.8. The zero-order valence-corrected chi connectivity index (χ0v) is 61.9. The summed E-state index contributed by atoms with van der Waals surface area (Å²) in [5.41, 5.74) is -7.35. The van der Waals surface area contributed by atoms with Gasteiger partial charge in [-0.05, 0) is 202 Å². The van der Waals surface area contributed by atoms with Crippen LogP contribution in [0.3, 0.4) is 0 Å². The van der Waals surface area contributed by atoms with Gasteiger partial charge in [0.25, 0.3) is 0 Å². The quantitative estimate of drug-likeness (QED) is 0.133. The molecule has 0 atom stereocenters. The molecule has 0 unspecified atom stereocenters. The first-order chi connectivity index (χ1) is 57.8. The minimum absolute atomic E-state index is 0.183. The fraction of sp³-hybridized carbons (Fsp3) is 0.0619. The van der Waals surface area contributed by atoms with Crippen molar-refractivity contribution in [2.75, 3.05) is 0 Å². The molecule has 15 aromatic carbocycles. The largest absolute Gasteiger partial charge is 0.416 e. The number of fused-ring (bicyclic) bond motifs is 15. The molecular weight excluding hydrogens is 1590 g/mol. The minimum Gasteiger partial charge on any atom is -0.306 e. The van der Waals surface area contributed by atoms with E-state index >= 15 is 79.0 Å². The van der Waals surface area contributed by atoms with Gasteiger partial charge < -0.3 is 22.8 Å². The number of rotatable bonds is 9. The van der Waals surface area contributed by atoms with Crippen LogP contribution in [0.25, 0.3) is 182 Å². The molecule has 20 aromatic rings. The molecule has 6 nitrogen and oxygen atoms in total. The van der Waals surface area contributed by atoms with Gasteiger partial charge in [-0.1, -0.05) is 146 Å². The second-order valence-electron chi connectivity index (χ2n) is 29.7. The Kier molecular flexibility index (Phi) is 16.7. The van der Waals surface area contributed by atoms with Gasteiger partial charge in [-0.15, -0.1) is 0 Å². The van der Waals surface area contributed by atoms with Crippen molar-refractivity contribution in [1.29, 1.82) is 5.26 Å². The third-order valence-electron chi connectivity index (χ3n) is 22.8. The van der Waals surface area contributed by atoms with Crippen LogP contribution in [-0.4, -0.2) is 22.8 Å². The number of halogens is 18. The Bertz CT molecular complexity index is 7000. The van der Waals surface area contributed by atoms with Crippen LogP contribution in [0.5, 0.6) is 0 Å². The molecule has 0 aliphatic rings. The van der Waals surface area contributed by atoms with Crippen molar-refractivity contribution in [2.45, 2.75) is 37.1 Å².